The Kier molecular flexibility index (Phi) is 3.43. The molecule has 0 unspecified atom stereocenters. The summed E-state index contributed by atoms with van der Waals surface area (Å²) in [7, 11) is 0. The zero-order valence-corrected chi connectivity index (χ0v) is 10.5. The third-order valence-electron chi connectivity index (χ3n) is 3.04. The van der Waals surface area contributed by atoms with Crippen LogP contribution in [0.25, 0.3) is 0 Å². The van der Waals surface area contributed by atoms with Crippen molar-refractivity contribution in [1.29, 1.82) is 0 Å². The van der Waals surface area contributed by atoms with E-state index in [-0.39, 0.29) is 5.69 Å². The van der Waals surface area contributed by atoms with Crippen molar-refractivity contribution in [3.63, 3.8) is 0 Å². The summed E-state index contributed by atoms with van der Waals surface area (Å²) in [6.07, 6.45) is 0. The molecule has 1 aromatic carbocycles. The number of nitro groups is 1. The largest absolute Gasteiger partial charge is 0.388 e. The Labute approximate surface area is 101 Å². The molecule has 5 heteroatoms. The van der Waals surface area contributed by atoms with Crippen LogP contribution in [0.1, 0.15) is 27.7 Å². The van der Waals surface area contributed by atoms with E-state index in [0.717, 1.165) is 0 Å². The minimum absolute atomic E-state index is 0.0292. The Bertz CT molecular complexity index is 422. The quantitative estimate of drug-likeness (QED) is 0.624. The van der Waals surface area contributed by atoms with Crippen molar-refractivity contribution in [3.05, 3.63) is 34.4 Å². The Balaban J connectivity index is 2.96. The highest BCUT2D eigenvalue weighted by Gasteiger charge is 2.34. The lowest BCUT2D eigenvalue weighted by molar-refractivity contribution is -0.384. The van der Waals surface area contributed by atoms with Crippen LogP contribution in [0.5, 0.6) is 0 Å². The van der Waals surface area contributed by atoms with E-state index in [9.17, 15) is 15.2 Å². The third kappa shape index (κ3) is 3.17. The van der Waals surface area contributed by atoms with Crippen molar-refractivity contribution in [2.45, 2.75) is 38.8 Å². The standard InChI is InChI=1S/C12H18N2O3/c1-11(2,12(3,4)15)13-9-6-5-7-10(8-9)14(16)17/h5-8,13,15H,1-4H3. The molecule has 17 heavy (non-hydrogen) atoms. The molecule has 5 nitrogen and oxygen atoms in total. The van der Waals surface area contributed by atoms with Crippen molar-refractivity contribution < 1.29 is 10.0 Å². The van der Waals surface area contributed by atoms with Gasteiger partial charge in [0.2, 0.25) is 0 Å². The summed E-state index contributed by atoms with van der Waals surface area (Å²) in [5.74, 6) is 0. The summed E-state index contributed by atoms with van der Waals surface area (Å²) in [6, 6.07) is 6.23. The minimum atomic E-state index is -0.947. The highest BCUT2D eigenvalue weighted by atomic mass is 16.6. The van der Waals surface area contributed by atoms with Gasteiger partial charge in [-0.3, -0.25) is 10.1 Å². The van der Waals surface area contributed by atoms with Crippen molar-refractivity contribution in [1.82, 2.24) is 0 Å². The fourth-order valence-electron chi connectivity index (χ4n) is 1.21. The van der Waals surface area contributed by atoms with Gasteiger partial charge >= 0.3 is 0 Å². The van der Waals surface area contributed by atoms with Crippen molar-refractivity contribution in [3.8, 4) is 0 Å². The van der Waals surface area contributed by atoms with Crippen molar-refractivity contribution in [2.24, 2.45) is 0 Å². The normalized spacial score (nSPS) is 12.3. The van der Waals surface area contributed by atoms with E-state index < -0.39 is 16.1 Å². The average Bonchev–Trinajstić information content (AvgIpc) is 2.15. The topological polar surface area (TPSA) is 75.4 Å². The van der Waals surface area contributed by atoms with E-state index in [1.54, 1.807) is 26.0 Å². The number of aliphatic hydroxyl groups is 1. The number of nitro benzene ring substituents is 1. The summed E-state index contributed by atoms with van der Waals surface area (Å²) in [6.45, 7) is 7.06. The molecule has 0 aliphatic heterocycles. The SMILES string of the molecule is CC(C)(O)C(C)(C)Nc1cccc([N+](=O)[O-])c1. The number of non-ortho nitro benzene ring substituents is 1. The fraction of sp³-hybridized carbons (Fsp3) is 0.500. The second-order valence-corrected chi connectivity index (χ2v) is 5.12. The van der Waals surface area contributed by atoms with Crippen LogP contribution in [0.15, 0.2) is 24.3 Å². The van der Waals surface area contributed by atoms with Gasteiger partial charge in [0.25, 0.3) is 5.69 Å². The van der Waals surface area contributed by atoms with E-state index in [1.807, 2.05) is 13.8 Å². The molecule has 2 N–H and O–H groups in total. The second kappa shape index (κ2) is 4.33. The second-order valence-electron chi connectivity index (χ2n) is 5.12. The molecule has 0 saturated carbocycles. The molecule has 0 saturated heterocycles. The first kappa shape index (κ1) is 13.4. The molecule has 0 bridgehead atoms. The summed E-state index contributed by atoms with van der Waals surface area (Å²) in [5.41, 5.74) is -0.896. The van der Waals surface area contributed by atoms with Crippen LogP contribution in [-0.4, -0.2) is 21.2 Å². The van der Waals surface area contributed by atoms with Gasteiger partial charge in [-0.1, -0.05) is 6.07 Å². The Morgan fingerprint density at radius 1 is 1.29 bits per heavy atom. The Morgan fingerprint density at radius 3 is 2.35 bits per heavy atom. The van der Waals surface area contributed by atoms with E-state index in [0.29, 0.717) is 5.69 Å². The maximum atomic E-state index is 10.6. The van der Waals surface area contributed by atoms with E-state index >= 15 is 0 Å². The number of anilines is 1. The van der Waals surface area contributed by atoms with Gasteiger partial charge in [0, 0.05) is 17.8 Å². The number of benzene rings is 1. The Morgan fingerprint density at radius 2 is 1.88 bits per heavy atom. The van der Waals surface area contributed by atoms with Gasteiger partial charge in [-0.25, -0.2) is 0 Å². The van der Waals surface area contributed by atoms with Crippen molar-refractivity contribution >= 4 is 11.4 Å². The third-order valence-corrected chi connectivity index (χ3v) is 3.04. The molecule has 0 amide bonds. The number of nitrogens with zero attached hydrogens (tertiary/aromatic N) is 1. The molecule has 94 valence electrons. The number of rotatable bonds is 4. The highest BCUT2D eigenvalue weighted by molar-refractivity contribution is 5.52. The molecular weight excluding hydrogens is 220 g/mol. The lowest BCUT2D eigenvalue weighted by Gasteiger charge is -2.38. The van der Waals surface area contributed by atoms with Gasteiger partial charge in [0.1, 0.15) is 0 Å². The lowest BCUT2D eigenvalue weighted by atomic mass is 9.86. The van der Waals surface area contributed by atoms with Crippen LogP contribution < -0.4 is 5.32 Å². The predicted octanol–water partition coefficient (Wildman–Crippen LogP) is 2.56. The maximum absolute atomic E-state index is 10.6. The first-order valence-electron chi connectivity index (χ1n) is 5.38. The summed E-state index contributed by atoms with van der Waals surface area (Å²) in [5, 5.41) is 23.7. The van der Waals surface area contributed by atoms with Gasteiger partial charge < -0.3 is 10.4 Å². The zero-order chi connectivity index (χ0) is 13.3. The summed E-state index contributed by atoms with van der Waals surface area (Å²) >= 11 is 0. The van der Waals surface area contributed by atoms with Crippen LogP contribution in [0.2, 0.25) is 0 Å². The van der Waals surface area contributed by atoms with Gasteiger partial charge in [0.05, 0.1) is 16.1 Å². The van der Waals surface area contributed by atoms with Gasteiger partial charge in [-0.2, -0.15) is 0 Å². The van der Waals surface area contributed by atoms with E-state index in [4.69, 9.17) is 0 Å². The monoisotopic (exact) mass is 238 g/mol. The molecule has 1 aromatic rings. The number of hydrogen-bond donors (Lipinski definition) is 2. The van der Waals surface area contributed by atoms with Crippen LogP contribution in [0, 0.1) is 10.1 Å². The highest BCUT2D eigenvalue weighted by Crippen LogP contribution is 2.27. The minimum Gasteiger partial charge on any atom is -0.388 e. The van der Waals surface area contributed by atoms with Crippen LogP contribution in [0.3, 0.4) is 0 Å². The number of nitrogens with one attached hydrogen (secondary N) is 1. The van der Waals surface area contributed by atoms with Crippen LogP contribution in [-0.2, 0) is 0 Å². The molecule has 0 aliphatic rings. The molecule has 0 atom stereocenters. The van der Waals surface area contributed by atoms with E-state index in [1.165, 1.54) is 12.1 Å². The molecule has 0 heterocycles. The van der Waals surface area contributed by atoms with Crippen molar-refractivity contribution in [2.75, 3.05) is 5.32 Å². The molecular formula is C12H18N2O3. The summed E-state index contributed by atoms with van der Waals surface area (Å²) in [4.78, 5) is 10.2. The molecule has 0 aliphatic carbocycles. The first-order valence-corrected chi connectivity index (χ1v) is 5.38. The fourth-order valence-corrected chi connectivity index (χ4v) is 1.21. The van der Waals surface area contributed by atoms with Gasteiger partial charge in [0.15, 0.2) is 0 Å². The molecule has 0 fully saturated rings. The van der Waals surface area contributed by atoms with Crippen LogP contribution in [0.4, 0.5) is 11.4 Å². The molecule has 1 rings (SSSR count). The summed E-state index contributed by atoms with van der Waals surface area (Å²) < 4.78 is 0. The maximum Gasteiger partial charge on any atom is 0.271 e. The zero-order valence-electron chi connectivity index (χ0n) is 10.5. The van der Waals surface area contributed by atoms with E-state index in [2.05, 4.69) is 5.32 Å². The first-order chi connectivity index (χ1) is 7.63. The Hall–Kier alpha value is -1.62. The molecule has 0 aromatic heterocycles. The smallest absolute Gasteiger partial charge is 0.271 e. The number of hydrogen-bond acceptors (Lipinski definition) is 4. The van der Waals surface area contributed by atoms with Gasteiger partial charge in [-0.05, 0) is 33.8 Å². The van der Waals surface area contributed by atoms with Crippen LogP contribution >= 0.6 is 0 Å². The average molecular weight is 238 g/mol. The molecule has 0 spiro atoms. The molecule has 0 radical (unpaired) electrons. The lowest BCUT2D eigenvalue weighted by Crippen LogP contribution is -2.51. The van der Waals surface area contributed by atoms with Gasteiger partial charge in [-0.15, -0.1) is 0 Å². The predicted molar refractivity (Wildman–Crippen MR) is 67.1 cm³/mol.